The highest BCUT2D eigenvalue weighted by atomic mass is 31.1. The molecule has 0 heterocycles. The highest BCUT2D eigenvalue weighted by Gasteiger charge is 2.20. The lowest BCUT2D eigenvalue weighted by atomic mass is 10.3. The number of unbranched alkanes of at least 4 members (excludes halogenated alkanes) is 1. The van der Waals surface area contributed by atoms with Crippen molar-refractivity contribution in [1.29, 1.82) is 0 Å². The van der Waals surface area contributed by atoms with Gasteiger partial charge in [-0.05, 0) is 25.5 Å². The van der Waals surface area contributed by atoms with E-state index in [-0.39, 0.29) is 5.82 Å². The third kappa shape index (κ3) is 3.53. The second kappa shape index (κ2) is 6.17. The van der Waals surface area contributed by atoms with E-state index in [1.807, 2.05) is 0 Å². The first-order valence-electron chi connectivity index (χ1n) is 5.49. The number of hydrogen-bond donors (Lipinski definition) is 0. The van der Waals surface area contributed by atoms with Gasteiger partial charge in [0, 0.05) is 14.0 Å². The number of rotatable bonds is 5. The van der Waals surface area contributed by atoms with Crippen LogP contribution in [0, 0.1) is 11.6 Å². The molecule has 3 heteroatoms. The van der Waals surface area contributed by atoms with Crippen LogP contribution in [0.1, 0.15) is 26.7 Å². The molecule has 0 amide bonds. The number of hydrogen-bond acceptors (Lipinski definition) is 0. The molecule has 15 heavy (non-hydrogen) atoms. The Labute approximate surface area is 91.5 Å². The molecule has 1 rings (SSSR count). The zero-order chi connectivity index (χ0) is 11.3. The number of halogens is 2. The summed E-state index contributed by atoms with van der Waals surface area (Å²) in [6.07, 6.45) is 4.36. The maximum Gasteiger partial charge on any atom is 0.167 e. The van der Waals surface area contributed by atoms with E-state index >= 15 is 0 Å². The van der Waals surface area contributed by atoms with Gasteiger partial charge in [-0.15, -0.1) is 0 Å². The van der Waals surface area contributed by atoms with Gasteiger partial charge in [-0.25, -0.2) is 8.78 Å². The summed E-state index contributed by atoms with van der Waals surface area (Å²) < 4.78 is 26.2. The van der Waals surface area contributed by atoms with Gasteiger partial charge in [0.1, 0.15) is 11.1 Å². The van der Waals surface area contributed by atoms with Crippen LogP contribution in [-0.4, -0.2) is 12.3 Å². The Bertz CT molecular complexity index is 312. The molecule has 0 N–H and O–H groups in total. The molecule has 1 aromatic carbocycles. The minimum absolute atomic E-state index is 0.359. The molecule has 0 aliphatic heterocycles. The van der Waals surface area contributed by atoms with E-state index in [1.165, 1.54) is 6.07 Å². The molecule has 0 fully saturated rings. The summed E-state index contributed by atoms with van der Waals surface area (Å²) in [5.74, 6) is -0.842. The Hall–Kier alpha value is -0.490. The van der Waals surface area contributed by atoms with Gasteiger partial charge < -0.3 is 0 Å². The fraction of sp³-hybridized carbons (Fsp3) is 0.500. The average Bonchev–Trinajstić information content (AvgIpc) is 2.21. The lowest BCUT2D eigenvalue weighted by Gasteiger charge is -2.08. The van der Waals surface area contributed by atoms with E-state index in [0.717, 1.165) is 36.5 Å². The average molecular weight is 231 g/mol. The van der Waals surface area contributed by atoms with Gasteiger partial charge in [0.25, 0.3) is 0 Å². The first-order chi connectivity index (χ1) is 7.19. The molecule has 0 aliphatic carbocycles. The molecular weight excluding hydrogens is 213 g/mol. The van der Waals surface area contributed by atoms with Crippen molar-refractivity contribution >= 4 is 13.2 Å². The van der Waals surface area contributed by atoms with Crippen molar-refractivity contribution in [3.8, 4) is 0 Å². The highest BCUT2D eigenvalue weighted by molar-refractivity contribution is 7.65. The fourth-order valence-electron chi connectivity index (χ4n) is 1.67. The van der Waals surface area contributed by atoms with Crippen molar-refractivity contribution in [1.82, 2.24) is 0 Å². The van der Waals surface area contributed by atoms with Gasteiger partial charge in [-0.2, -0.15) is 0 Å². The summed E-state index contributed by atoms with van der Waals surface area (Å²) >= 11 is 0. The Morgan fingerprint density at radius 3 is 2.47 bits per heavy atom. The van der Waals surface area contributed by atoms with Gasteiger partial charge in [-0.1, -0.05) is 13.3 Å². The van der Waals surface area contributed by atoms with Crippen LogP contribution < -0.4 is 5.30 Å². The molecule has 0 saturated carbocycles. The maximum atomic E-state index is 13.5. The summed E-state index contributed by atoms with van der Waals surface area (Å²) in [7, 11) is -0.812. The molecule has 0 saturated heterocycles. The fourth-order valence-corrected chi connectivity index (χ4v) is 4.18. The van der Waals surface area contributed by atoms with Crippen LogP contribution in [0.25, 0.3) is 0 Å². The third-order valence-electron chi connectivity index (χ3n) is 2.57. The van der Waals surface area contributed by atoms with E-state index in [0.29, 0.717) is 0 Å². The highest BCUT2D eigenvalue weighted by Crippen LogP contribution is 2.35. The minimum Gasteiger partial charge on any atom is -0.207 e. The normalized spacial score (nSPS) is 12.8. The molecule has 1 unspecified atom stereocenters. The van der Waals surface area contributed by atoms with Crippen LogP contribution in [0.2, 0.25) is 0 Å². The topological polar surface area (TPSA) is 0 Å². The van der Waals surface area contributed by atoms with Crippen molar-refractivity contribution < 1.29 is 8.78 Å². The standard InChI is InChI=1S/C12H17F2P/c1-3-5-8-15(4-2)12-7-6-10(13)9-11(12)14/h6-7,9H,3-5,8H2,1-2H3/p+1. The first-order valence-corrected chi connectivity index (χ1v) is 7.40. The van der Waals surface area contributed by atoms with Crippen molar-refractivity contribution in [2.24, 2.45) is 0 Å². The molecule has 1 aromatic rings. The molecule has 84 valence electrons. The second-order valence-electron chi connectivity index (χ2n) is 3.68. The lowest BCUT2D eigenvalue weighted by molar-refractivity contribution is 0.588. The predicted molar refractivity (Wildman–Crippen MR) is 64.6 cm³/mol. The van der Waals surface area contributed by atoms with Crippen molar-refractivity contribution in [2.75, 3.05) is 12.3 Å². The third-order valence-corrected chi connectivity index (χ3v) is 5.55. The summed E-state index contributed by atoms with van der Waals surface area (Å²) in [5, 5.41) is 0.761. The number of benzene rings is 1. The molecule has 0 bridgehead atoms. The van der Waals surface area contributed by atoms with Gasteiger partial charge in [0.05, 0.1) is 12.3 Å². The van der Waals surface area contributed by atoms with Crippen molar-refractivity contribution in [2.45, 2.75) is 26.7 Å². The van der Waals surface area contributed by atoms with Crippen LogP contribution in [0.15, 0.2) is 18.2 Å². The monoisotopic (exact) mass is 231 g/mol. The van der Waals surface area contributed by atoms with E-state index < -0.39 is 13.7 Å². The molecule has 0 radical (unpaired) electrons. The van der Waals surface area contributed by atoms with E-state index in [1.54, 1.807) is 6.07 Å². The van der Waals surface area contributed by atoms with E-state index in [4.69, 9.17) is 0 Å². The van der Waals surface area contributed by atoms with Gasteiger partial charge in [0.15, 0.2) is 5.82 Å². The molecule has 1 atom stereocenters. The van der Waals surface area contributed by atoms with Gasteiger partial charge in [-0.3, -0.25) is 0 Å². The second-order valence-corrected chi connectivity index (χ2v) is 6.64. The minimum atomic E-state index is -0.812. The smallest absolute Gasteiger partial charge is 0.167 e. The van der Waals surface area contributed by atoms with E-state index in [2.05, 4.69) is 13.8 Å². The van der Waals surface area contributed by atoms with Crippen LogP contribution in [-0.2, 0) is 0 Å². The molecule has 0 spiro atoms. The Morgan fingerprint density at radius 1 is 1.20 bits per heavy atom. The summed E-state index contributed by atoms with van der Waals surface area (Å²) in [6, 6.07) is 3.99. The summed E-state index contributed by atoms with van der Waals surface area (Å²) in [6.45, 7) is 4.23. The largest absolute Gasteiger partial charge is 0.207 e. The van der Waals surface area contributed by atoms with Crippen molar-refractivity contribution in [3.05, 3.63) is 29.8 Å². The zero-order valence-electron chi connectivity index (χ0n) is 9.32. The Morgan fingerprint density at radius 2 is 1.93 bits per heavy atom. The van der Waals surface area contributed by atoms with Crippen LogP contribution in [0.3, 0.4) is 0 Å². The van der Waals surface area contributed by atoms with E-state index in [9.17, 15) is 8.78 Å². The zero-order valence-corrected chi connectivity index (χ0v) is 10.3. The van der Waals surface area contributed by atoms with Crippen LogP contribution >= 0.6 is 7.92 Å². The van der Waals surface area contributed by atoms with Crippen LogP contribution in [0.5, 0.6) is 0 Å². The van der Waals surface area contributed by atoms with Gasteiger partial charge in [0.2, 0.25) is 0 Å². The lowest BCUT2D eigenvalue weighted by Crippen LogP contribution is -2.10. The summed E-state index contributed by atoms with van der Waals surface area (Å²) in [4.78, 5) is 0. The quantitative estimate of drug-likeness (QED) is 0.679. The predicted octanol–water partition coefficient (Wildman–Crippen LogP) is 3.62. The maximum absolute atomic E-state index is 13.5. The van der Waals surface area contributed by atoms with Crippen LogP contribution in [0.4, 0.5) is 8.78 Å². The van der Waals surface area contributed by atoms with Crippen molar-refractivity contribution in [3.63, 3.8) is 0 Å². The molecular formula is C12H18F2P+. The van der Waals surface area contributed by atoms with Gasteiger partial charge >= 0.3 is 0 Å². The molecule has 0 aromatic heterocycles. The Balaban J connectivity index is 2.81. The first kappa shape index (κ1) is 12.6. The Kier molecular flexibility index (Phi) is 5.17. The summed E-state index contributed by atoms with van der Waals surface area (Å²) in [5.41, 5.74) is 0. The SMILES string of the molecule is CCCC[PH+](CC)c1ccc(F)cc1F. The molecule has 0 aliphatic rings. The molecule has 0 nitrogen and oxygen atoms in total.